The highest BCUT2D eigenvalue weighted by atomic mass is 35.5. The highest BCUT2D eigenvalue weighted by Crippen LogP contribution is 2.27. The molecule has 2 aromatic carbocycles. The van der Waals surface area contributed by atoms with Crippen molar-refractivity contribution in [1.29, 1.82) is 0 Å². The van der Waals surface area contributed by atoms with Gasteiger partial charge in [-0.2, -0.15) is 4.98 Å². The van der Waals surface area contributed by atoms with Crippen molar-refractivity contribution in [3.63, 3.8) is 0 Å². The molecule has 0 saturated carbocycles. The van der Waals surface area contributed by atoms with E-state index in [4.69, 9.17) is 11.6 Å². The van der Waals surface area contributed by atoms with Crippen LogP contribution in [-0.2, 0) is 11.2 Å². The molecule has 0 saturated heterocycles. The minimum atomic E-state index is -0.326. The first-order valence-corrected chi connectivity index (χ1v) is 9.67. The molecule has 2 aromatic heterocycles. The Morgan fingerprint density at radius 3 is 2.86 bits per heavy atom. The lowest BCUT2D eigenvalue weighted by molar-refractivity contribution is -0.115. The predicted molar refractivity (Wildman–Crippen MR) is 108 cm³/mol. The minimum absolute atomic E-state index is 0.0710. The lowest BCUT2D eigenvalue weighted by Crippen LogP contribution is -2.13. The number of amides is 2. The molecule has 1 aliphatic heterocycles. The average molecular weight is 410 g/mol. The van der Waals surface area contributed by atoms with E-state index in [1.54, 1.807) is 22.7 Å². The molecule has 28 heavy (non-hydrogen) atoms. The number of nitrogens with zero attached hydrogens (tertiary/aromatic N) is 3. The second kappa shape index (κ2) is 6.43. The number of aromatic nitrogens is 3. The molecule has 0 atom stereocenters. The minimum Gasteiger partial charge on any atom is -0.326 e. The number of thiazole rings is 1. The molecule has 0 fully saturated rings. The molecular weight excluding hydrogens is 398 g/mol. The Bertz CT molecular complexity index is 1250. The zero-order valence-electron chi connectivity index (χ0n) is 14.3. The SMILES string of the molecule is O=C1Cc2cc(C(=O)Nc3nc4scc(-c5ccc(Cl)cc5)n4n3)ccc2N1. The lowest BCUT2D eigenvalue weighted by atomic mass is 10.1. The first-order chi connectivity index (χ1) is 13.6. The Balaban J connectivity index is 1.41. The Kier molecular flexibility index (Phi) is 3.88. The van der Waals surface area contributed by atoms with Gasteiger partial charge in [0.05, 0.1) is 12.1 Å². The summed E-state index contributed by atoms with van der Waals surface area (Å²) in [6, 6.07) is 12.5. The number of hydrogen-bond donors (Lipinski definition) is 2. The van der Waals surface area contributed by atoms with E-state index >= 15 is 0 Å². The van der Waals surface area contributed by atoms with Gasteiger partial charge >= 0.3 is 0 Å². The predicted octanol–water partition coefficient (Wildman–Crippen LogP) is 3.86. The maximum Gasteiger partial charge on any atom is 0.258 e. The number of nitrogens with one attached hydrogen (secondary N) is 2. The van der Waals surface area contributed by atoms with Crippen molar-refractivity contribution in [3.8, 4) is 11.3 Å². The van der Waals surface area contributed by atoms with E-state index in [1.165, 1.54) is 11.3 Å². The smallest absolute Gasteiger partial charge is 0.258 e. The topological polar surface area (TPSA) is 88.4 Å². The summed E-state index contributed by atoms with van der Waals surface area (Å²) >= 11 is 7.38. The Morgan fingerprint density at radius 1 is 1.21 bits per heavy atom. The van der Waals surface area contributed by atoms with Gasteiger partial charge in [-0.1, -0.05) is 23.7 Å². The van der Waals surface area contributed by atoms with Gasteiger partial charge in [0.2, 0.25) is 10.9 Å². The molecule has 9 heteroatoms. The standard InChI is InChI=1S/C19H12ClN5O2S/c20-13-4-1-10(2-5-13)15-9-28-19-23-18(24-25(15)19)22-17(27)11-3-6-14-12(7-11)8-16(26)21-14/h1-7,9H,8H2,(H,21,26)(H,22,24,27). The third kappa shape index (κ3) is 2.92. The van der Waals surface area contributed by atoms with Gasteiger partial charge in [-0.25, -0.2) is 4.52 Å². The van der Waals surface area contributed by atoms with E-state index in [-0.39, 0.29) is 24.2 Å². The summed E-state index contributed by atoms with van der Waals surface area (Å²) < 4.78 is 1.69. The maximum atomic E-state index is 12.6. The Labute approximate surface area is 168 Å². The summed E-state index contributed by atoms with van der Waals surface area (Å²) in [6.07, 6.45) is 0.277. The van der Waals surface area contributed by atoms with Crippen LogP contribution < -0.4 is 10.6 Å². The fourth-order valence-electron chi connectivity index (χ4n) is 3.10. The van der Waals surface area contributed by atoms with Gasteiger partial charge in [-0.3, -0.25) is 14.9 Å². The number of halogens is 1. The number of rotatable bonds is 3. The van der Waals surface area contributed by atoms with Crippen LogP contribution in [-0.4, -0.2) is 26.4 Å². The molecule has 0 unspecified atom stereocenters. The first-order valence-electron chi connectivity index (χ1n) is 8.41. The second-order valence-electron chi connectivity index (χ2n) is 6.31. The number of benzene rings is 2. The summed E-state index contributed by atoms with van der Waals surface area (Å²) in [5, 5.41) is 12.5. The molecule has 138 valence electrons. The monoisotopic (exact) mass is 409 g/mol. The highest BCUT2D eigenvalue weighted by molar-refractivity contribution is 7.15. The van der Waals surface area contributed by atoms with Crippen LogP contribution >= 0.6 is 22.9 Å². The highest BCUT2D eigenvalue weighted by Gasteiger charge is 2.20. The summed E-state index contributed by atoms with van der Waals surface area (Å²) in [5.74, 6) is -0.173. The molecule has 0 aliphatic carbocycles. The van der Waals surface area contributed by atoms with E-state index in [1.807, 2.05) is 29.6 Å². The zero-order valence-corrected chi connectivity index (χ0v) is 15.8. The number of carbonyl (C=O) groups excluding carboxylic acids is 2. The summed E-state index contributed by atoms with van der Waals surface area (Å²) in [7, 11) is 0. The van der Waals surface area contributed by atoms with Crippen LogP contribution in [0.2, 0.25) is 5.02 Å². The third-order valence-corrected chi connectivity index (χ3v) is 5.51. The third-order valence-electron chi connectivity index (χ3n) is 4.44. The summed E-state index contributed by atoms with van der Waals surface area (Å²) in [5.41, 5.74) is 3.82. The van der Waals surface area contributed by atoms with Crippen molar-refractivity contribution in [2.24, 2.45) is 0 Å². The molecule has 5 rings (SSSR count). The fourth-order valence-corrected chi connectivity index (χ4v) is 4.05. The molecule has 4 aromatic rings. The molecule has 1 aliphatic rings. The molecule has 2 amide bonds. The Hall–Kier alpha value is -3.23. The van der Waals surface area contributed by atoms with Crippen molar-refractivity contribution in [2.45, 2.75) is 6.42 Å². The number of carbonyl (C=O) groups is 2. The van der Waals surface area contributed by atoms with Crippen LogP contribution in [0.1, 0.15) is 15.9 Å². The normalized spacial score (nSPS) is 12.8. The van der Waals surface area contributed by atoms with Crippen molar-refractivity contribution in [2.75, 3.05) is 10.6 Å². The molecule has 0 spiro atoms. The van der Waals surface area contributed by atoms with E-state index in [2.05, 4.69) is 20.7 Å². The Morgan fingerprint density at radius 2 is 2.04 bits per heavy atom. The van der Waals surface area contributed by atoms with Crippen molar-refractivity contribution < 1.29 is 9.59 Å². The van der Waals surface area contributed by atoms with Gasteiger partial charge in [-0.05, 0) is 35.9 Å². The van der Waals surface area contributed by atoms with E-state index in [9.17, 15) is 9.59 Å². The van der Waals surface area contributed by atoms with Gasteiger partial charge in [0.25, 0.3) is 11.9 Å². The summed E-state index contributed by atoms with van der Waals surface area (Å²) in [4.78, 5) is 29.1. The van der Waals surface area contributed by atoms with E-state index < -0.39 is 0 Å². The largest absolute Gasteiger partial charge is 0.326 e. The quantitative estimate of drug-likeness (QED) is 0.537. The van der Waals surface area contributed by atoms with Gasteiger partial charge in [0, 0.05) is 27.2 Å². The van der Waals surface area contributed by atoms with Gasteiger partial charge in [0.1, 0.15) is 0 Å². The number of hydrogen-bond acceptors (Lipinski definition) is 5. The van der Waals surface area contributed by atoms with Crippen molar-refractivity contribution in [1.82, 2.24) is 14.6 Å². The van der Waals surface area contributed by atoms with Crippen molar-refractivity contribution >= 4 is 51.3 Å². The molecule has 7 nitrogen and oxygen atoms in total. The number of fused-ring (bicyclic) bond motifs is 2. The van der Waals surface area contributed by atoms with Crippen LogP contribution in [0.4, 0.5) is 11.6 Å². The maximum absolute atomic E-state index is 12.6. The van der Waals surface area contributed by atoms with Crippen molar-refractivity contribution in [3.05, 3.63) is 64.0 Å². The molecular formula is C19H12ClN5O2S. The number of anilines is 2. The second-order valence-corrected chi connectivity index (χ2v) is 7.58. The molecule has 3 heterocycles. The zero-order chi connectivity index (χ0) is 19.3. The van der Waals surface area contributed by atoms with Gasteiger partial charge in [0.15, 0.2) is 0 Å². The molecule has 2 N–H and O–H groups in total. The molecule has 0 radical (unpaired) electrons. The van der Waals surface area contributed by atoms with E-state index in [0.29, 0.717) is 15.5 Å². The van der Waals surface area contributed by atoms with Crippen LogP contribution in [0.5, 0.6) is 0 Å². The van der Waals surface area contributed by atoms with Crippen LogP contribution in [0.3, 0.4) is 0 Å². The summed E-state index contributed by atoms with van der Waals surface area (Å²) in [6.45, 7) is 0. The van der Waals surface area contributed by atoms with E-state index in [0.717, 1.165) is 22.5 Å². The lowest BCUT2D eigenvalue weighted by Gasteiger charge is -2.03. The molecule has 0 bridgehead atoms. The first kappa shape index (κ1) is 16.9. The van der Waals surface area contributed by atoms with Gasteiger partial charge < -0.3 is 5.32 Å². The van der Waals surface area contributed by atoms with Crippen LogP contribution in [0.25, 0.3) is 16.2 Å². The van der Waals surface area contributed by atoms with Crippen LogP contribution in [0, 0.1) is 0 Å². The van der Waals surface area contributed by atoms with Crippen LogP contribution in [0.15, 0.2) is 47.8 Å². The average Bonchev–Trinajstić information content (AvgIpc) is 3.34. The fraction of sp³-hybridized carbons (Fsp3) is 0.0526. The van der Waals surface area contributed by atoms with Gasteiger partial charge in [-0.15, -0.1) is 16.4 Å².